The number of amides is 1. The Morgan fingerprint density at radius 2 is 1.92 bits per heavy atom. The van der Waals surface area contributed by atoms with Gasteiger partial charge in [0, 0.05) is 48.3 Å². The predicted octanol–water partition coefficient (Wildman–Crippen LogP) is 3.55. The van der Waals surface area contributed by atoms with E-state index in [1.165, 1.54) is 12.1 Å². The summed E-state index contributed by atoms with van der Waals surface area (Å²) in [7, 11) is 1.59. The monoisotopic (exact) mass is 406 g/mol. The summed E-state index contributed by atoms with van der Waals surface area (Å²) in [6, 6.07) is 12.0. The molecule has 0 bridgehead atoms. The van der Waals surface area contributed by atoms with Crippen molar-refractivity contribution in [2.75, 3.05) is 33.3 Å². The van der Waals surface area contributed by atoms with Crippen molar-refractivity contribution in [2.45, 2.75) is 6.54 Å². The van der Waals surface area contributed by atoms with Gasteiger partial charge in [-0.25, -0.2) is 4.39 Å². The van der Waals surface area contributed by atoms with Crippen LogP contribution < -0.4 is 4.74 Å². The van der Waals surface area contributed by atoms with Gasteiger partial charge in [-0.15, -0.1) is 0 Å². The maximum absolute atomic E-state index is 13.5. The Labute approximate surface area is 155 Å². The fourth-order valence-corrected chi connectivity index (χ4v) is 3.42. The molecule has 0 radical (unpaired) electrons. The Hall–Kier alpha value is -1.92. The average Bonchev–Trinajstić information content (AvgIpc) is 2.62. The zero-order chi connectivity index (χ0) is 17.8. The Morgan fingerprint density at radius 1 is 1.16 bits per heavy atom. The van der Waals surface area contributed by atoms with E-state index in [4.69, 9.17) is 4.74 Å². The summed E-state index contributed by atoms with van der Waals surface area (Å²) < 4.78 is 19.7. The standard InChI is InChI=1S/C19H20BrFN2O2/c1-25-18-6-5-17(21)12-15(18)13-22-7-9-23(10-8-22)19(24)14-3-2-4-16(20)11-14/h2-6,11-12H,7-10,13H2,1H3. The van der Waals surface area contributed by atoms with E-state index in [2.05, 4.69) is 20.8 Å². The lowest BCUT2D eigenvalue weighted by molar-refractivity contribution is 0.0627. The first-order valence-electron chi connectivity index (χ1n) is 8.16. The molecule has 1 heterocycles. The second-order valence-corrected chi connectivity index (χ2v) is 6.95. The summed E-state index contributed by atoms with van der Waals surface area (Å²) in [5.74, 6) is 0.470. The number of benzene rings is 2. The van der Waals surface area contributed by atoms with Crippen molar-refractivity contribution in [1.29, 1.82) is 0 Å². The molecule has 3 rings (SSSR count). The van der Waals surface area contributed by atoms with Crippen LogP contribution in [0.3, 0.4) is 0 Å². The van der Waals surface area contributed by atoms with E-state index >= 15 is 0 Å². The lowest BCUT2D eigenvalue weighted by Crippen LogP contribution is -2.48. The highest BCUT2D eigenvalue weighted by Crippen LogP contribution is 2.22. The second kappa shape index (κ2) is 7.97. The first-order valence-corrected chi connectivity index (χ1v) is 8.96. The van der Waals surface area contributed by atoms with Gasteiger partial charge in [-0.2, -0.15) is 0 Å². The minimum absolute atomic E-state index is 0.0456. The molecule has 1 saturated heterocycles. The minimum atomic E-state index is -0.265. The number of nitrogens with zero attached hydrogens (tertiary/aromatic N) is 2. The van der Waals surface area contributed by atoms with E-state index in [0.717, 1.165) is 23.1 Å². The second-order valence-electron chi connectivity index (χ2n) is 6.03. The number of piperazine rings is 1. The topological polar surface area (TPSA) is 32.8 Å². The number of halogens is 2. The number of ether oxygens (including phenoxy) is 1. The van der Waals surface area contributed by atoms with E-state index in [-0.39, 0.29) is 11.7 Å². The van der Waals surface area contributed by atoms with Gasteiger partial charge < -0.3 is 9.64 Å². The third kappa shape index (κ3) is 4.38. The van der Waals surface area contributed by atoms with Crippen LogP contribution in [0.1, 0.15) is 15.9 Å². The molecule has 0 spiro atoms. The molecule has 0 aliphatic carbocycles. The molecule has 1 aliphatic rings. The predicted molar refractivity (Wildman–Crippen MR) is 98.3 cm³/mol. The lowest BCUT2D eigenvalue weighted by Gasteiger charge is -2.35. The summed E-state index contributed by atoms with van der Waals surface area (Å²) in [6.07, 6.45) is 0. The SMILES string of the molecule is COc1ccc(F)cc1CN1CCN(C(=O)c2cccc(Br)c2)CC1. The van der Waals surface area contributed by atoms with Crippen LogP contribution in [0, 0.1) is 5.82 Å². The van der Waals surface area contributed by atoms with E-state index < -0.39 is 0 Å². The van der Waals surface area contributed by atoms with Gasteiger partial charge in [0.05, 0.1) is 7.11 Å². The van der Waals surface area contributed by atoms with Crippen LogP contribution in [0.15, 0.2) is 46.9 Å². The molecule has 2 aromatic rings. The Morgan fingerprint density at radius 3 is 2.60 bits per heavy atom. The molecular formula is C19H20BrFN2O2. The molecule has 1 fully saturated rings. The molecule has 6 heteroatoms. The van der Waals surface area contributed by atoms with Gasteiger partial charge in [0.25, 0.3) is 5.91 Å². The van der Waals surface area contributed by atoms with E-state index in [0.29, 0.717) is 30.9 Å². The van der Waals surface area contributed by atoms with Gasteiger partial charge >= 0.3 is 0 Å². The number of carbonyl (C=O) groups is 1. The van der Waals surface area contributed by atoms with Crippen LogP contribution in [0.5, 0.6) is 5.75 Å². The van der Waals surface area contributed by atoms with Crippen LogP contribution in [0.4, 0.5) is 4.39 Å². The highest BCUT2D eigenvalue weighted by Gasteiger charge is 2.23. The molecule has 2 aromatic carbocycles. The highest BCUT2D eigenvalue weighted by atomic mass is 79.9. The largest absolute Gasteiger partial charge is 0.496 e. The zero-order valence-corrected chi connectivity index (χ0v) is 15.6. The fraction of sp³-hybridized carbons (Fsp3) is 0.316. The lowest BCUT2D eigenvalue weighted by atomic mass is 10.1. The summed E-state index contributed by atoms with van der Waals surface area (Å²) in [6.45, 7) is 3.42. The smallest absolute Gasteiger partial charge is 0.253 e. The van der Waals surface area contributed by atoms with Crippen LogP contribution in [0.2, 0.25) is 0 Å². The van der Waals surface area contributed by atoms with Crippen molar-refractivity contribution in [1.82, 2.24) is 9.80 Å². The van der Waals surface area contributed by atoms with Gasteiger partial charge in [-0.05, 0) is 36.4 Å². The Bertz CT molecular complexity index is 761. The van der Waals surface area contributed by atoms with Crippen LogP contribution in [-0.4, -0.2) is 49.0 Å². The maximum atomic E-state index is 13.5. The number of hydrogen-bond donors (Lipinski definition) is 0. The van der Waals surface area contributed by atoms with Crippen LogP contribution >= 0.6 is 15.9 Å². The molecule has 0 saturated carbocycles. The van der Waals surface area contributed by atoms with Gasteiger partial charge in [-0.3, -0.25) is 9.69 Å². The maximum Gasteiger partial charge on any atom is 0.253 e. The molecule has 1 amide bonds. The molecule has 4 nitrogen and oxygen atoms in total. The van der Waals surface area contributed by atoms with Crippen molar-refractivity contribution in [3.05, 3.63) is 63.9 Å². The first-order chi connectivity index (χ1) is 12.1. The fourth-order valence-electron chi connectivity index (χ4n) is 3.02. The molecule has 0 atom stereocenters. The molecule has 0 aromatic heterocycles. The molecule has 132 valence electrons. The van der Waals surface area contributed by atoms with E-state index in [1.807, 2.05) is 29.2 Å². The molecule has 1 aliphatic heterocycles. The van der Waals surface area contributed by atoms with Gasteiger partial charge in [-0.1, -0.05) is 22.0 Å². The Balaban J connectivity index is 1.61. The van der Waals surface area contributed by atoms with Crippen molar-refractivity contribution >= 4 is 21.8 Å². The van der Waals surface area contributed by atoms with E-state index in [9.17, 15) is 9.18 Å². The van der Waals surface area contributed by atoms with Gasteiger partial charge in [0.2, 0.25) is 0 Å². The number of carbonyl (C=O) groups excluding carboxylic acids is 1. The van der Waals surface area contributed by atoms with Crippen molar-refractivity contribution in [3.63, 3.8) is 0 Å². The third-order valence-electron chi connectivity index (χ3n) is 4.37. The van der Waals surface area contributed by atoms with Crippen molar-refractivity contribution in [2.24, 2.45) is 0 Å². The van der Waals surface area contributed by atoms with E-state index in [1.54, 1.807) is 13.2 Å². The zero-order valence-electron chi connectivity index (χ0n) is 14.0. The molecule has 25 heavy (non-hydrogen) atoms. The summed E-state index contributed by atoms with van der Waals surface area (Å²) >= 11 is 3.40. The third-order valence-corrected chi connectivity index (χ3v) is 4.86. The molecule has 0 unspecified atom stereocenters. The van der Waals surface area contributed by atoms with Crippen LogP contribution in [0.25, 0.3) is 0 Å². The summed E-state index contributed by atoms with van der Waals surface area (Å²) in [5.41, 5.74) is 1.52. The summed E-state index contributed by atoms with van der Waals surface area (Å²) in [5, 5.41) is 0. The average molecular weight is 407 g/mol. The molecule has 0 N–H and O–H groups in total. The Kier molecular flexibility index (Phi) is 5.71. The van der Waals surface area contributed by atoms with Crippen molar-refractivity contribution in [3.8, 4) is 5.75 Å². The quantitative estimate of drug-likeness (QED) is 0.777. The van der Waals surface area contributed by atoms with Crippen molar-refractivity contribution < 1.29 is 13.9 Å². The van der Waals surface area contributed by atoms with Gasteiger partial charge in [0.1, 0.15) is 11.6 Å². The molecular weight excluding hydrogens is 387 g/mol. The number of methoxy groups -OCH3 is 1. The number of hydrogen-bond acceptors (Lipinski definition) is 3. The number of rotatable bonds is 4. The first kappa shape index (κ1) is 17.9. The van der Waals surface area contributed by atoms with Gasteiger partial charge in [0.15, 0.2) is 0 Å². The minimum Gasteiger partial charge on any atom is -0.496 e. The normalized spacial score (nSPS) is 15.2. The highest BCUT2D eigenvalue weighted by molar-refractivity contribution is 9.10. The van der Waals surface area contributed by atoms with Crippen LogP contribution in [-0.2, 0) is 6.54 Å². The summed E-state index contributed by atoms with van der Waals surface area (Å²) in [4.78, 5) is 16.7.